The van der Waals surface area contributed by atoms with Gasteiger partial charge in [0.15, 0.2) is 9.84 Å². The van der Waals surface area contributed by atoms with Crippen LogP contribution in [0.4, 0.5) is 0 Å². The summed E-state index contributed by atoms with van der Waals surface area (Å²) in [6, 6.07) is 7.61. The first kappa shape index (κ1) is 12.6. The first-order valence-electron chi connectivity index (χ1n) is 6.00. The average Bonchev–Trinajstić information content (AvgIpc) is 2.29. The lowest BCUT2D eigenvalue weighted by Crippen LogP contribution is -2.31. The summed E-state index contributed by atoms with van der Waals surface area (Å²) < 4.78 is 22.7. The highest BCUT2D eigenvalue weighted by atomic mass is 32.2. The molecule has 1 fully saturated rings. The summed E-state index contributed by atoms with van der Waals surface area (Å²) >= 11 is 0. The summed E-state index contributed by atoms with van der Waals surface area (Å²) in [5.41, 5.74) is 1.18. The Balaban J connectivity index is 2.13. The molecule has 4 heteroatoms. The molecule has 1 aliphatic rings. The predicted octanol–water partition coefficient (Wildman–Crippen LogP) is 2.15. The Morgan fingerprint density at radius 2 is 1.82 bits per heavy atom. The maximum absolute atomic E-state index is 11.3. The van der Waals surface area contributed by atoms with Gasteiger partial charge in [0.2, 0.25) is 0 Å². The fourth-order valence-electron chi connectivity index (χ4n) is 2.23. The van der Waals surface area contributed by atoms with Gasteiger partial charge < -0.3 is 5.32 Å². The number of rotatable bonds is 2. The van der Waals surface area contributed by atoms with Crippen LogP contribution in [0.3, 0.4) is 0 Å². The molecule has 2 rings (SSSR count). The molecule has 0 saturated carbocycles. The maximum Gasteiger partial charge on any atom is 0.175 e. The molecule has 1 heterocycles. The molecule has 1 aliphatic heterocycles. The molecule has 1 saturated heterocycles. The topological polar surface area (TPSA) is 46.2 Å². The third-order valence-corrected chi connectivity index (χ3v) is 4.50. The molecule has 2 atom stereocenters. The summed E-state index contributed by atoms with van der Waals surface area (Å²) in [6.45, 7) is 3.29. The van der Waals surface area contributed by atoms with E-state index in [1.807, 2.05) is 12.1 Å². The van der Waals surface area contributed by atoms with E-state index in [4.69, 9.17) is 0 Å². The Labute approximate surface area is 103 Å². The van der Waals surface area contributed by atoms with Crippen molar-refractivity contribution in [2.45, 2.75) is 30.7 Å². The van der Waals surface area contributed by atoms with Crippen molar-refractivity contribution in [2.24, 2.45) is 5.92 Å². The SMILES string of the molecule is CC1CCC(c2ccc(S(C)(=O)=O)cc2)NC1. The highest BCUT2D eigenvalue weighted by Crippen LogP contribution is 2.26. The van der Waals surface area contributed by atoms with Gasteiger partial charge in [-0.1, -0.05) is 19.1 Å². The van der Waals surface area contributed by atoms with Crippen molar-refractivity contribution < 1.29 is 8.42 Å². The van der Waals surface area contributed by atoms with Crippen LogP contribution in [-0.2, 0) is 9.84 Å². The second-order valence-corrected chi connectivity index (χ2v) is 7.00. The van der Waals surface area contributed by atoms with Crippen molar-refractivity contribution in [1.29, 1.82) is 0 Å². The van der Waals surface area contributed by atoms with Crippen LogP contribution in [0.5, 0.6) is 0 Å². The third kappa shape index (κ3) is 3.07. The number of hydrogen-bond donors (Lipinski definition) is 1. The fourth-order valence-corrected chi connectivity index (χ4v) is 2.86. The molecular weight excluding hydrogens is 234 g/mol. The van der Waals surface area contributed by atoms with Gasteiger partial charge in [-0.2, -0.15) is 0 Å². The lowest BCUT2D eigenvalue weighted by molar-refractivity contribution is 0.333. The highest BCUT2D eigenvalue weighted by Gasteiger charge is 2.19. The first-order chi connectivity index (χ1) is 7.97. The Morgan fingerprint density at radius 3 is 2.29 bits per heavy atom. The Morgan fingerprint density at radius 1 is 1.18 bits per heavy atom. The van der Waals surface area contributed by atoms with E-state index in [1.165, 1.54) is 18.2 Å². The standard InChI is InChI=1S/C13H19NO2S/c1-10-3-8-13(14-9-10)11-4-6-12(7-5-11)17(2,15)16/h4-7,10,13-14H,3,8-9H2,1-2H3. The van der Waals surface area contributed by atoms with Gasteiger partial charge in [-0.25, -0.2) is 8.42 Å². The second-order valence-electron chi connectivity index (χ2n) is 4.98. The molecule has 94 valence electrons. The average molecular weight is 253 g/mol. The summed E-state index contributed by atoms with van der Waals surface area (Å²) in [4.78, 5) is 0.394. The lowest BCUT2D eigenvalue weighted by atomic mass is 9.92. The third-order valence-electron chi connectivity index (χ3n) is 3.37. The monoisotopic (exact) mass is 253 g/mol. The van der Waals surface area contributed by atoms with E-state index < -0.39 is 9.84 Å². The van der Waals surface area contributed by atoms with E-state index in [2.05, 4.69) is 12.2 Å². The number of piperidine rings is 1. The Hall–Kier alpha value is -0.870. The molecule has 2 unspecified atom stereocenters. The van der Waals surface area contributed by atoms with E-state index in [9.17, 15) is 8.42 Å². The molecule has 0 aliphatic carbocycles. The van der Waals surface area contributed by atoms with Crippen LogP contribution >= 0.6 is 0 Å². The minimum Gasteiger partial charge on any atom is -0.310 e. The van der Waals surface area contributed by atoms with Crippen LogP contribution in [0.25, 0.3) is 0 Å². The quantitative estimate of drug-likeness (QED) is 0.878. The summed E-state index contributed by atoms with van der Waals surface area (Å²) in [7, 11) is -3.08. The molecule has 3 nitrogen and oxygen atoms in total. The predicted molar refractivity (Wildman–Crippen MR) is 68.7 cm³/mol. The second kappa shape index (κ2) is 4.78. The van der Waals surface area contributed by atoms with E-state index >= 15 is 0 Å². The van der Waals surface area contributed by atoms with Crippen LogP contribution in [0.2, 0.25) is 0 Å². The van der Waals surface area contributed by atoms with Crippen molar-refractivity contribution in [3.8, 4) is 0 Å². The van der Waals surface area contributed by atoms with Crippen LogP contribution in [0.15, 0.2) is 29.2 Å². The van der Waals surface area contributed by atoms with Gasteiger partial charge in [-0.05, 0) is 43.0 Å². The van der Waals surface area contributed by atoms with Gasteiger partial charge in [0.05, 0.1) is 4.90 Å². The molecule has 0 bridgehead atoms. The molecular formula is C13H19NO2S. The van der Waals surface area contributed by atoms with Gasteiger partial charge in [0.25, 0.3) is 0 Å². The van der Waals surface area contributed by atoms with Gasteiger partial charge in [0.1, 0.15) is 0 Å². The molecule has 1 aromatic rings. The number of benzene rings is 1. The van der Waals surface area contributed by atoms with Crippen LogP contribution in [0.1, 0.15) is 31.4 Å². The molecule has 1 N–H and O–H groups in total. The maximum atomic E-state index is 11.3. The van der Waals surface area contributed by atoms with E-state index in [0.29, 0.717) is 10.9 Å². The first-order valence-corrected chi connectivity index (χ1v) is 7.89. The molecule has 0 spiro atoms. The lowest BCUT2D eigenvalue weighted by Gasteiger charge is -2.28. The van der Waals surface area contributed by atoms with Crippen LogP contribution in [0, 0.1) is 5.92 Å². The van der Waals surface area contributed by atoms with Gasteiger partial charge >= 0.3 is 0 Å². The Kier molecular flexibility index (Phi) is 3.54. The zero-order valence-electron chi connectivity index (χ0n) is 10.3. The summed E-state index contributed by atoms with van der Waals surface area (Å²) in [5.74, 6) is 0.738. The number of nitrogens with one attached hydrogen (secondary N) is 1. The van der Waals surface area contributed by atoms with Gasteiger partial charge in [-0.15, -0.1) is 0 Å². The van der Waals surface area contributed by atoms with Gasteiger partial charge in [-0.3, -0.25) is 0 Å². The molecule has 0 amide bonds. The smallest absolute Gasteiger partial charge is 0.175 e. The van der Waals surface area contributed by atoms with Gasteiger partial charge in [0, 0.05) is 12.3 Å². The van der Waals surface area contributed by atoms with Crippen LogP contribution in [-0.4, -0.2) is 21.2 Å². The van der Waals surface area contributed by atoms with E-state index in [-0.39, 0.29) is 0 Å². The number of hydrogen-bond acceptors (Lipinski definition) is 3. The van der Waals surface area contributed by atoms with Crippen molar-refractivity contribution in [3.63, 3.8) is 0 Å². The molecule has 0 aromatic heterocycles. The zero-order valence-corrected chi connectivity index (χ0v) is 11.1. The van der Waals surface area contributed by atoms with Crippen molar-refractivity contribution in [2.75, 3.05) is 12.8 Å². The summed E-state index contributed by atoms with van der Waals surface area (Å²) in [5, 5.41) is 3.49. The minimum atomic E-state index is -3.08. The van der Waals surface area contributed by atoms with E-state index in [1.54, 1.807) is 12.1 Å². The fraction of sp³-hybridized carbons (Fsp3) is 0.538. The van der Waals surface area contributed by atoms with E-state index in [0.717, 1.165) is 18.9 Å². The zero-order chi connectivity index (χ0) is 12.5. The summed E-state index contributed by atoms with van der Waals surface area (Å²) in [6.07, 6.45) is 3.59. The van der Waals surface area contributed by atoms with Crippen molar-refractivity contribution in [3.05, 3.63) is 29.8 Å². The Bertz CT molecular complexity index is 471. The van der Waals surface area contributed by atoms with Crippen molar-refractivity contribution >= 4 is 9.84 Å². The highest BCUT2D eigenvalue weighted by molar-refractivity contribution is 7.90. The number of sulfone groups is 1. The largest absolute Gasteiger partial charge is 0.310 e. The molecule has 1 aromatic carbocycles. The van der Waals surface area contributed by atoms with Crippen molar-refractivity contribution in [1.82, 2.24) is 5.32 Å². The normalized spacial score (nSPS) is 25.8. The van der Waals surface area contributed by atoms with Crippen LogP contribution < -0.4 is 5.32 Å². The minimum absolute atomic E-state index is 0.375. The molecule has 0 radical (unpaired) electrons. The molecule has 17 heavy (non-hydrogen) atoms.